The van der Waals surface area contributed by atoms with Gasteiger partial charge < -0.3 is 18.9 Å². The Morgan fingerprint density at radius 3 is 2.55 bits per heavy atom. The molecule has 0 radical (unpaired) electrons. The lowest BCUT2D eigenvalue weighted by Gasteiger charge is -2.26. The Kier molecular flexibility index (Phi) is 7.43. The molecule has 2 aliphatic rings. The van der Waals surface area contributed by atoms with Crippen LogP contribution in [0, 0.1) is 3.57 Å². The van der Waals surface area contributed by atoms with Crippen LogP contribution < -0.4 is 29.2 Å². The van der Waals surface area contributed by atoms with Crippen molar-refractivity contribution in [2.24, 2.45) is 0 Å². The van der Waals surface area contributed by atoms with Crippen LogP contribution in [0.4, 0.5) is 10.5 Å². The van der Waals surface area contributed by atoms with Gasteiger partial charge >= 0.3 is 6.03 Å². The molecule has 194 valence electrons. The molecule has 9 nitrogen and oxygen atoms in total. The lowest BCUT2D eigenvalue weighted by Crippen LogP contribution is -2.54. The van der Waals surface area contributed by atoms with Crippen molar-refractivity contribution in [1.29, 1.82) is 0 Å². The van der Waals surface area contributed by atoms with Crippen molar-refractivity contribution in [3.8, 4) is 23.0 Å². The van der Waals surface area contributed by atoms with Crippen molar-refractivity contribution in [3.05, 3.63) is 79.9 Å². The highest BCUT2D eigenvalue weighted by Gasteiger charge is 2.37. The molecule has 1 saturated heterocycles. The fourth-order valence-electron chi connectivity index (χ4n) is 3.89. The zero-order valence-corrected chi connectivity index (χ0v) is 22.9. The first-order valence-corrected chi connectivity index (χ1v) is 12.9. The first-order valence-electron chi connectivity index (χ1n) is 11.5. The van der Waals surface area contributed by atoms with Gasteiger partial charge in [0.05, 0.1) is 15.9 Å². The Hall–Kier alpha value is -3.77. The van der Waals surface area contributed by atoms with E-state index in [-0.39, 0.29) is 18.1 Å². The second-order valence-corrected chi connectivity index (χ2v) is 9.77. The summed E-state index contributed by atoms with van der Waals surface area (Å²) in [5.74, 6) is 0.313. The molecule has 0 atom stereocenters. The topological polar surface area (TPSA) is 103 Å². The van der Waals surface area contributed by atoms with Crippen LogP contribution in [0.15, 0.2) is 60.2 Å². The summed E-state index contributed by atoms with van der Waals surface area (Å²) in [4.78, 5) is 39.5. The third kappa shape index (κ3) is 5.27. The molecule has 0 aromatic heterocycles. The number of barbiturate groups is 1. The second-order valence-electron chi connectivity index (χ2n) is 8.17. The Morgan fingerprint density at radius 2 is 1.79 bits per heavy atom. The van der Waals surface area contributed by atoms with Gasteiger partial charge in [0.1, 0.15) is 12.2 Å². The predicted molar refractivity (Wildman–Crippen MR) is 148 cm³/mol. The molecule has 38 heavy (non-hydrogen) atoms. The molecule has 0 unspecified atom stereocenters. The maximum atomic E-state index is 13.3. The fraction of sp³-hybridized carbons (Fsp3) is 0.148. The number of hydrogen-bond acceptors (Lipinski definition) is 7. The quantitative estimate of drug-likeness (QED) is 0.211. The molecule has 3 aromatic carbocycles. The molecule has 5 rings (SSSR count). The lowest BCUT2D eigenvalue weighted by molar-refractivity contribution is -0.122. The SMILES string of the molecule is CCOc1cc(/C=C2\C(=O)NC(=O)N(c3ccc4c(c3)OCO4)C2=O)cc(I)c1OCc1ccc(Cl)cc1. The number of nitrogens with one attached hydrogen (secondary N) is 1. The van der Waals surface area contributed by atoms with Crippen LogP contribution in [0.25, 0.3) is 6.08 Å². The number of rotatable bonds is 7. The molecule has 0 aliphatic carbocycles. The number of halogens is 2. The summed E-state index contributed by atoms with van der Waals surface area (Å²) in [6.45, 7) is 2.55. The van der Waals surface area contributed by atoms with Crippen LogP contribution in [0.5, 0.6) is 23.0 Å². The predicted octanol–water partition coefficient (Wildman–Crippen LogP) is 5.32. The summed E-state index contributed by atoms with van der Waals surface area (Å²) in [7, 11) is 0. The van der Waals surface area contributed by atoms with E-state index in [0.29, 0.717) is 50.4 Å². The van der Waals surface area contributed by atoms with Crippen LogP contribution >= 0.6 is 34.2 Å². The molecular weight excluding hydrogens is 627 g/mol. The fourth-order valence-corrected chi connectivity index (χ4v) is 4.80. The number of carbonyl (C=O) groups is 3. The number of imide groups is 2. The summed E-state index contributed by atoms with van der Waals surface area (Å²) in [5.41, 5.74) is 1.48. The van der Waals surface area contributed by atoms with Crippen LogP contribution in [0.3, 0.4) is 0 Å². The summed E-state index contributed by atoms with van der Waals surface area (Å²) < 4.78 is 23.2. The Labute approximate surface area is 236 Å². The highest BCUT2D eigenvalue weighted by atomic mass is 127. The van der Waals surface area contributed by atoms with Crippen LogP contribution in [-0.2, 0) is 16.2 Å². The molecule has 4 amide bonds. The van der Waals surface area contributed by atoms with E-state index in [2.05, 4.69) is 27.9 Å². The van der Waals surface area contributed by atoms with Gasteiger partial charge in [0.25, 0.3) is 11.8 Å². The molecule has 0 spiro atoms. The second kappa shape index (κ2) is 10.9. The molecule has 0 bridgehead atoms. The van der Waals surface area contributed by atoms with Crippen molar-refractivity contribution in [1.82, 2.24) is 5.32 Å². The third-order valence-electron chi connectivity index (χ3n) is 5.66. The van der Waals surface area contributed by atoms with Crippen molar-refractivity contribution in [2.45, 2.75) is 13.5 Å². The lowest BCUT2D eigenvalue weighted by atomic mass is 10.1. The number of urea groups is 1. The van der Waals surface area contributed by atoms with Crippen LogP contribution in [0.1, 0.15) is 18.1 Å². The largest absolute Gasteiger partial charge is 0.490 e. The minimum absolute atomic E-state index is 0.0444. The van der Waals surface area contributed by atoms with Gasteiger partial charge in [0.15, 0.2) is 23.0 Å². The molecule has 2 aliphatic heterocycles. The number of carbonyl (C=O) groups excluding carboxylic acids is 3. The number of benzene rings is 3. The smallest absolute Gasteiger partial charge is 0.335 e. The minimum Gasteiger partial charge on any atom is -0.490 e. The maximum Gasteiger partial charge on any atom is 0.335 e. The number of anilines is 1. The summed E-state index contributed by atoms with van der Waals surface area (Å²) in [6.07, 6.45) is 1.41. The first kappa shape index (κ1) is 25.9. The van der Waals surface area contributed by atoms with E-state index < -0.39 is 17.8 Å². The Balaban J connectivity index is 1.44. The summed E-state index contributed by atoms with van der Waals surface area (Å²) in [6, 6.07) is 14.5. The van der Waals surface area contributed by atoms with Gasteiger partial charge in [0.2, 0.25) is 6.79 Å². The van der Waals surface area contributed by atoms with E-state index in [1.165, 1.54) is 12.1 Å². The van der Waals surface area contributed by atoms with Gasteiger partial charge in [-0.1, -0.05) is 23.7 Å². The highest BCUT2D eigenvalue weighted by Crippen LogP contribution is 2.38. The van der Waals surface area contributed by atoms with Gasteiger partial charge in [-0.05, 0) is 83.1 Å². The first-order chi connectivity index (χ1) is 18.3. The van der Waals surface area contributed by atoms with E-state index in [1.807, 2.05) is 19.1 Å². The zero-order valence-electron chi connectivity index (χ0n) is 20.0. The third-order valence-corrected chi connectivity index (χ3v) is 6.71. The number of fused-ring (bicyclic) bond motifs is 1. The van der Waals surface area contributed by atoms with E-state index in [1.54, 1.807) is 36.4 Å². The van der Waals surface area contributed by atoms with Gasteiger partial charge in [-0.25, -0.2) is 9.69 Å². The van der Waals surface area contributed by atoms with Crippen LogP contribution in [0.2, 0.25) is 5.02 Å². The van der Waals surface area contributed by atoms with Gasteiger partial charge in [-0.3, -0.25) is 14.9 Å². The van der Waals surface area contributed by atoms with Crippen molar-refractivity contribution in [2.75, 3.05) is 18.3 Å². The van der Waals surface area contributed by atoms with E-state index in [4.69, 9.17) is 30.5 Å². The maximum absolute atomic E-state index is 13.3. The molecular formula is C27H20ClIN2O7. The number of amides is 4. The molecule has 1 N–H and O–H groups in total. The van der Waals surface area contributed by atoms with Gasteiger partial charge in [-0.15, -0.1) is 0 Å². The van der Waals surface area contributed by atoms with Gasteiger partial charge in [0, 0.05) is 11.1 Å². The molecule has 1 fully saturated rings. The standard InChI is InChI=1S/C27H20ClIN2O7/c1-2-35-23-11-16(10-20(29)24(23)36-13-15-3-5-17(28)6-4-15)9-19-25(32)30-27(34)31(26(19)33)18-7-8-21-22(12-18)38-14-37-21/h3-12H,2,13-14H2,1H3,(H,30,32,34)/b19-9+. The number of ether oxygens (including phenoxy) is 4. The average molecular weight is 647 g/mol. The number of hydrogen-bond donors (Lipinski definition) is 1. The van der Waals surface area contributed by atoms with Crippen LogP contribution in [-0.4, -0.2) is 31.2 Å². The Morgan fingerprint density at radius 1 is 1.03 bits per heavy atom. The molecule has 0 saturated carbocycles. The van der Waals surface area contributed by atoms with Gasteiger partial charge in [-0.2, -0.15) is 0 Å². The van der Waals surface area contributed by atoms with Crippen molar-refractivity contribution < 1.29 is 33.3 Å². The summed E-state index contributed by atoms with van der Waals surface area (Å²) in [5, 5.41) is 2.86. The minimum atomic E-state index is -0.855. The molecule has 2 heterocycles. The molecule has 11 heteroatoms. The molecule has 3 aromatic rings. The van der Waals surface area contributed by atoms with Crippen molar-refractivity contribution >= 4 is 63.8 Å². The normalized spacial score (nSPS) is 15.6. The average Bonchev–Trinajstić information content (AvgIpc) is 3.35. The number of nitrogens with zero attached hydrogens (tertiary/aromatic N) is 1. The van der Waals surface area contributed by atoms with Crippen molar-refractivity contribution in [3.63, 3.8) is 0 Å². The van der Waals surface area contributed by atoms with E-state index in [9.17, 15) is 14.4 Å². The summed E-state index contributed by atoms with van der Waals surface area (Å²) >= 11 is 8.07. The highest BCUT2D eigenvalue weighted by molar-refractivity contribution is 14.1. The monoisotopic (exact) mass is 646 g/mol. The van der Waals surface area contributed by atoms with E-state index in [0.717, 1.165) is 10.5 Å². The van der Waals surface area contributed by atoms with E-state index >= 15 is 0 Å². The Bertz CT molecular complexity index is 1470. The zero-order chi connectivity index (χ0) is 26.8.